The quantitative estimate of drug-likeness (QED) is 0.464. The van der Waals surface area contributed by atoms with Gasteiger partial charge in [0.05, 0.1) is 7.11 Å². The van der Waals surface area contributed by atoms with E-state index in [-0.39, 0.29) is 19.6 Å². The summed E-state index contributed by atoms with van der Waals surface area (Å²) in [6, 6.07) is 7.56. The van der Waals surface area contributed by atoms with Crippen molar-refractivity contribution in [3.05, 3.63) is 48.6 Å². The van der Waals surface area contributed by atoms with E-state index < -0.39 is 35.5 Å². The second kappa shape index (κ2) is 11.6. The molecule has 30 heavy (non-hydrogen) atoms. The Hall–Kier alpha value is -3.36. The van der Waals surface area contributed by atoms with Crippen molar-refractivity contribution in [2.24, 2.45) is 0 Å². The molecule has 1 aromatic rings. The first-order chi connectivity index (χ1) is 14.1. The molecule has 0 bridgehead atoms. The number of carbonyl (C=O) groups excluding carboxylic acids is 4. The van der Waals surface area contributed by atoms with E-state index in [9.17, 15) is 19.2 Å². The predicted molar refractivity (Wildman–Crippen MR) is 110 cm³/mol. The number of amides is 3. The van der Waals surface area contributed by atoms with Crippen molar-refractivity contribution in [2.75, 3.05) is 26.7 Å². The highest BCUT2D eigenvalue weighted by Crippen LogP contribution is 2.21. The number of carbonyl (C=O) groups is 4. The van der Waals surface area contributed by atoms with Gasteiger partial charge in [0, 0.05) is 6.54 Å². The predicted octanol–water partition coefficient (Wildman–Crippen LogP) is 1.56. The van der Waals surface area contributed by atoms with E-state index >= 15 is 0 Å². The lowest BCUT2D eigenvalue weighted by Crippen LogP contribution is -2.48. The van der Waals surface area contributed by atoms with E-state index in [0.29, 0.717) is 5.56 Å². The van der Waals surface area contributed by atoms with Crippen molar-refractivity contribution in [3.63, 3.8) is 0 Å². The second-order valence-corrected chi connectivity index (χ2v) is 7.30. The van der Waals surface area contributed by atoms with Gasteiger partial charge in [0.15, 0.2) is 0 Å². The minimum Gasteiger partial charge on any atom is -0.468 e. The molecule has 0 saturated heterocycles. The maximum atomic E-state index is 12.9. The van der Waals surface area contributed by atoms with Crippen LogP contribution >= 0.6 is 0 Å². The average Bonchev–Trinajstić information content (AvgIpc) is 2.69. The van der Waals surface area contributed by atoms with Gasteiger partial charge in [-0.15, -0.1) is 6.58 Å². The second-order valence-electron chi connectivity index (χ2n) is 7.30. The van der Waals surface area contributed by atoms with Crippen molar-refractivity contribution in [2.45, 2.75) is 32.4 Å². The number of hydrogen-bond donors (Lipinski definition) is 2. The van der Waals surface area contributed by atoms with Crippen LogP contribution in [0.1, 0.15) is 32.4 Å². The van der Waals surface area contributed by atoms with Gasteiger partial charge in [0.25, 0.3) is 0 Å². The topological polar surface area (TPSA) is 114 Å². The fourth-order valence-corrected chi connectivity index (χ4v) is 2.49. The number of nitrogens with zero attached hydrogens (tertiary/aromatic N) is 1. The average molecular weight is 419 g/mol. The molecule has 0 radical (unpaired) electrons. The molecule has 0 fully saturated rings. The van der Waals surface area contributed by atoms with Crippen LogP contribution in [-0.2, 0) is 23.9 Å². The highest BCUT2D eigenvalue weighted by Gasteiger charge is 2.31. The molecule has 1 unspecified atom stereocenters. The Balaban J connectivity index is 3.04. The number of esters is 1. The molecule has 164 valence electrons. The van der Waals surface area contributed by atoms with Crippen LogP contribution in [0.5, 0.6) is 0 Å². The monoisotopic (exact) mass is 419 g/mol. The fourth-order valence-electron chi connectivity index (χ4n) is 2.49. The summed E-state index contributed by atoms with van der Waals surface area (Å²) in [7, 11) is 1.21. The maximum Gasteiger partial charge on any atom is 0.408 e. The summed E-state index contributed by atoms with van der Waals surface area (Å²) < 4.78 is 9.66. The maximum absolute atomic E-state index is 12.9. The summed E-state index contributed by atoms with van der Waals surface area (Å²) in [6.45, 7) is 8.07. The molecule has 0 heterocycles. The van der Waals surface area contributed by atoms with Crippen LogP contribution in [0.2, 0.25) is 0 Å². The first kappa shape index (κ1) is 24.7. The number of benzene rings is 1. The zero-order chi connectivity index (χ0) is 22.7. The van der Waals surface area contributed by atoms with Crippen molar-refractivity contribution in [1.29, 1.82) is 0 Å². The third-order valence-electron chi connectivity index (χ3n) is 3.74. The first-order valence-corrected chi connectivity index (χ1v) is 9.35. The highest BCUT2D eigenvalue weighted by atomic mass is 16.6. The molecule has 2 N–H and O–H groups in total. The largest absolute Gasteiger partial charge is 0.468 e. The van der Waals surface area contributed by atoms with Crippen molar-refractivity contribution in [3.8, 4) is 0 Å². The summed E-state index contributed by atoms with van der Waals surface area (Å²) in [5, 5.41) is 4.86. The van der Waals surface area contributed by atoms with Crippen LogP contribution in [0.3, 0.4) is 0 Å². The summed E-state index contributed by atoms with van der Waals surface area (Å²) in [4.78, 5) is 50.2. The van der Waals surface area contributed by atoms with Crippen LogP contribution in [0.15, 0.2) is 43.0 Å². The molecule has 0 aliphatic carbocycles. The summed E-state index contributed by atoms with van der Waals surface area (Å²) in [5.74, 6) is -1.72. The van der Waals surface area contributed by atoms with Crippen LogP contribution < -0.4 is 10.6 Å². The molecule has 0 spiro atoms. The molecule has 0 aromatic heterocycles. The van der Waals surface area contributed by atoms with Gasteiger partial charge >= 0.3 is 12.1 Å². The van der Waals surface area contributed by atoms with Crippen LogP contribution in [0.25, 0.3) is 0 Å². The van der Waals surface area contributed by atoms with Gasteiger partial charge in [-0.2, -0.15) is 0 Å². The van der Waals surface area contributed by atoms with Crippen LogP contribution in [0, 0.1) is 0 Å². The molecular weight excluding hydrogens is 390 g/mol. The van der Waals surface area contributed by atoms with Crippen LogP contribution in [0.4, 0.5) is 4.79 Å². The third-order valence-corrected chi connectivity index (χ3v) is 3.74. The number of ether oxygens (including phenoxy) is 2. The van der Waals surface area contributed by atoms with Crippen molar-refractivity contribution < 1.29 is 28.7 Å². The molecule has 1 rings (SSSR count). The summed E-state index contributed by atoms with van der Waals surface area (Å²) in [6.07, 6.45) is 0.718. The Bertz CT molecular complexity index is 758. The molecular formula is C21H29N3O6. The fraction of sp³-hybridized carbons (Fsp3) is 0.429. The minimum atomic E-state index is -1.04. The lowest BCUT2D eigenvalue weighted by molar-refractivity contribution is -0.143. The minimum absolute atomic E-state index is 0.0417. The Morgan fingerprint density at radius 1 is 1.10 bits per heavy atom. The smallest absolute Gasteiger partial charge is 0.408 e. The Labute approximate surface area is 176 Å². The molecule has 0 aliphatic heterocycles. The van der Waals surface area contributed by atoms with Gasteiger partial charge in [0.1, 0.15) is 24.7 Å². The number of alkyl carbamates (subject to hydrolysis) is 1. The summed E-state index contributed by atoms with van der Waals surface area (Å²) in [5.41, 5.74) is -0.179. The van der Waals surface area contributed by atoms with E-state index in [2.05, 4.69) is 21.9 Å². The van der Waals surface area contributed by atoms with Gasteiger partial charge in [0.2, 0.25) is 11.8 Å². The van der Waals surface area contributed by atoms with E-state index in [0.717, 1.165) is 0 Å². The normalized spacial score (nSPS) is 11.6. The van der Waals surface area contributed by atoms with Gasteiger partial charge < -0.3 is 25.0 Å². The number of hydrogen-bond acceptors (Lipinski definition) is 6. The van der Waals surface area contributed by atoms with Gasteiger partial charge in [-0.3, -0.25) is 14.4 Å². The molecule has 0 saturated carbocycles. The Kier molecular flexibility index (Phi) is 9.54. The molecule has 9 nitrogen and oxygen atoms in total. The van der Waals surface area contributed by atoms with E-state index in [1.165, 1.54) is 18.1 Å². The third kappa shape index (κ3) is 8.34. The Morgan fingerprint density at radius 3 is 2.27 bits per heavy atom. The van der Waals surface area contributed by atoms with Gasteiger partial charge in [-0.25, -0.2) is 4.79 Å². The van der Waals surface area contributed by atoms with E-state index in [1.807, 2.05) is 0 Å². The number of methoxy groups -OCH3 is 1. The Morgan fingerprint density at radius 2 is 1.73 bits per heavy atom. The highest BCUT2D eigenvalue weighted by molar-refractivity contribution is 5.91. The molecule has 9 heteroatoms. The summed E-state index contributed by atoms with van der Waals surface area (Å²) >= 11 is 0. The number of rotatable bonds is 9. The molecule has 1 atom stereocenters. The van der Waals surface area contributed by atoms with Gasteiger partial charge in [-0.05, 0) is 26.3 Å². The zero-order valence-electron chi connectivity index (χ0n) is 17.8. The van der Waals surface area contributed by atoms with Crippen molar-refractivity contribution >= 4 is 23.9 Å². The van der Waals surface area contributed by atoms with E-state index in [1.54, 1.807) is 51.1 Å². The standard InChI is InChI=1S/C21H29N3O6/c1-6-12-24(16(25)13-23-20(28)30-21(2,3)4)18(15-10-8-7-9-11-15)19(27)22-14-17(26)29-5/h6-11,18H,1,12-14H2,2-5H3,(H,22,27)(H,23,28). The zero-order valence-corrected chi connectivity index (χ0v) is 17.8. The molecule has 1 aromatic carbocycles. The van der Waals surface area contributed by atoms with Crippen LogP contribution in [-0.4, -0.2) is 61.1 Å². The van der Waals surface area contributed by atoms with E-state index in [4.69, 9.17) is 4.74 Å². The first-order valence-electron chi connectivity index (χ1n) is 9.35. The van der Waals surface area contributed by atoms with Gasteiger partial charge in [-0.1, -0.05) is 36.4 Å². The van der Waals surface area contributed by atoms with Crippen molar-refractivity contribution in [1.82, 2.24) is 15.5 Å². The molecule has 0 aliphatic rings. The number of nitrogens with one attached hydrogen (secondary N) is 2. The lowest BCUT2D eigenvalue weighted by atomic mass is 10.0. The molecule has 3 amide bonds. The SMILES string of the molecule is C=CCN(C(=O)CNC(=O)OC(C)(C)C)C(C(=O)NCC(=O)OC)c1ccccc1. The lowest BCUT2D eigenvalue weighted by Gasteiger charge is -2.30.